The molecule has 0 atom stereocenters. The first kappa shape index (κ1) is 15.8. The van der Waals surface area contributed by atoms with Crippen molar-refractivity contribution in [2.45, 2.75) is 20.8 Å². The molecule has 0 fully saturated rings. The van der Waals surface area contributed by atoms with Crippen molar-refractivity contribution in [2.75, 3.05) is 6.61 Å². The number of hydrogen-bond acceptors (Lipinski definition) is 3. The number of amides is 1. The van der Waals surface area contributed by atoms with E-state index in [-0.39, 0.29) is 12.5 Å². The molecule has 0 unspecified atom stereocenters. The van der Waals surface area contributed by atoms with Crippen LogP contribution in [0.4, 0.5) is 0 Å². The Hall–Kier alpha value is -2.62. The number of para-hydroxylation sites is 1. The van der Waals surface area contributed by atoms with E-state index in [1.54, 1.807) is 6.21 Å². The number of nitrogens with zero attached hydrogens (tertiary/aromatic N) is 1. The fourth-order valence-corrected chi connectivity index (χ4v) is 2.04. The van der Waals surface area contributed by atoms with E-state index in [1.165, 1.54) is 5.56 Å². The second-order valence-corrected chi connectivity index (χ2v) is 5.21. The number of ether oxygens (including phenoxy) is 1. The molecule has 0 aliphatic heterocycles. The van der Waals surface area contributed by atoms with Gasteiger partial charge in [-0.3, -0.25) is 4.79 Å². The van der Waals surface area contributed by atoms with Gasteiger partial charge in [0, 0.05) is 0 Å². The van der Waals surface area contributed by atoms with Gasteiger partial charge in [-0.1, -0.05) is 42.0 Å². The van der Waals surface area contributed by atoms with Gasteiger partial charge in [-0.2, -0.15) is 5.10 Å². The zero-order valence-corrected chi connectivity index (χ0v) is 13.1. The van der Waals surface area contributed by atoms with Crippen molar-refractivity contribution >= 4 is 12.1 Å². The fourth-order valence-electron chi connectivity index (χ4n) is 2.04. The molecule has 0 saturated carbocycles. The van der Waals surface area contributed by atoms with Crippen LogP contribution in [0, 0.1) is 20.8 Å². The van der Waals surface area contributed by atoms with Crippen LogP contribution in [0.25, 0.3) is 0 Å². The summed E-state index contributed by atoms with van der Waals surface area (Å²) >= 11 is 0. The summed E-state index contributed by atoms with van der Waals surface area (Å²) in [5.74, 6) is 0.417. The van der Waals surface area contributed by atoms with Gasteiger partial charge in [0.2, 0.25) is 0 Å². The molecular weight excluding hydrogens is 276 g/mol. The van der Waals surface area contributed by atoms with Crippen LogP contribution in [0.3, 0.4) is 0 Å². The molecule has 4 nitrogen and oxygen atoms in total. The van der Waals surface area contributed by atoms with Gasteiger partial charge in [0.15, 0.2) is 6.61 Å². The lowest BCUT2D eigenvalue weighted by Gasteiger charge is -2.07. The highest BCUT2D eigenvalue weighted by Gasteiger charge is 2.03. The van der Waals surface area contributed by atoms with Crippen molar-refractivity contribution in [1.29, 1.82) is 0 Å². The molecule has 2 aromatic carbocycles. The molecule has 0 aliphatic carbocycles. The van der Waals surface area contributed by atoms with Gasteiger partial charge in [-0.05, 0) is 43.5 Å². The molecule has 114 valence electrons. The maximum Gasteiger partial charge on any atom is 0.277 e. The highest BCUT2D eigenvalue weighted by molar-refractivity contribution is 5.84. The van der Waals surface area contributed by atoms with Crippen LogP contribution in [0.15, 0.2) is 47.6 Å². The monoisotopic (exact) mass is 296 g/mol. The first-order valence-corrected chi connectivity index (χ1v) is 7.14. The summed E-state index contributed by atoms with van der Waals surface area (Å²) in [5, 5.41) is 3.96. The van der Waals surface area contributed by atoms with Crippen LogP contribution in [0.5, 0.6) is 5.75 Å². The molecule has 0 bridgehead atoms. The van der Waals surface area contributed by atoms with Gasteiger partial charge in [-0.15, -0.1) is 0 Å². The average molecular weight is 296 g/mol. The lowest BCUT2D eigenvalue weighted by atomic mass is 10.1. The second kappa shape index (κ2) is 7.41. The van der Waals surface area contributed by atoms with E-state index < -0.39 is 0 Å². The third-order valence-corrected chi connectivity index (χ3v) is 3.27. The van der Waals surface area contributed by atoms with E-state index in [0.717, 1.165) is 16.7 Å². The van der Waals surface area contributed by atoms with Crippen molar-refractivity contribution in [2.24, 2.45) is 5.10 Å². The van der Waals surface area contributed by atoms with Crippen LogP contribution in [-0.4, -0.2) is 18.7 Å². The Kier molecular flexibility index (Phi) is 5.31. The average Bonchev–Trinajstić information content (AvgIpc) is 2.49. The molecule has 0 aliphatic rings. The summed E-state index contributed by atoms with van der Waals surface area (Å²) in [5.41, 5.74) is 6.76. The Morgan fingerprint density at radius 3 is 2.64 bits per heavy atom. The van der Waals surface area contributed by atoms with Crippen molar-refractivity contribution in [1.82, 2.24) is 5.43 Å². The minimum absolute atomic E-state index is 0.0604. The van der Waals surface area contributed by atoms with Crippen LogP contribution in [-0.2, 0) is 4.79 Å². The van der Waals surface area contributed by atoms with Crippen LogP contribution in [0.2, 0.25) is 0 Å². The van der Waals surface area contributed by atoms with Crippen molar-refractivity contribution in [3.8, 4) is 5.75 Å². The Labute approximate surface area is 130 Å². The van der Waals surface area contributed by atoms with Gasteiger partial charge in [-0.25, -0.2) is 5.43 Å². The molecule has 0 spiro atoms. The third-order valence-electron chi connectivity index (χ3n) is 3.27. The molecule has 4 heteroatoms. The zero-order valence-electron chi connectivity index (χ0n) is 13.1. The Morgan fingerprint density at radius 1 is 1.14 bits per heavy atom. The summed E-state index contributed by atoms with van der Waals surface area (Å²) in [6.45, 7) is 5.93. The molecule has 2 rings (SSSR count). The normalized spacial score (nSPS) is 10.7. The third kappa shape index (κ3) is 4.45. The molecule has 2 aromatic rings. The van der Waals surface area contributed by atoms with E-state index in [4.69, 9.17) is 4.74 Å². The van der Waals surface area contributed by atoms with Crippen LogP contribution >= 0.6 is 0 Å². The number of hydrazone groups is 1. The Balaban J connectivity index is 1.85. The lowest BCUT2D eigenvalue weighted by molar-refractivity contribution is -0.123. The highest BCUT2D eigenvalue weighted by Crippen LogP contribution is 2.15. The fraction of sp³-hybridized carbons (Fsp3) is 0.222. The minimum Gasteiger partial charge on any atom is -0.483 e. The van der Waals surface area contributed by atoms with E-state index >= 15 is 0 Å². The summed E-state index contributed by atoms with van der Waals surface area (Å²) in [6, 6.07) is 13.6. The molecule has 0 aromatic heterocycles. The minimum atomic E-state index is -0.288. The van der Waals surface area contributed by atoms with E-state index in [1.807, 2.05) is 57.2 Å². The van der Waals surface area contributed by atoms with E-state index in [2.05, 4.69) is 16.6 Å². The van der Waals surface area contributed by atoms with E-state index in [9.17, 15) is 4.79 Å². The molecule has 0 radical (unpaired) electrons. The van der Waals surface area contributed by atoms with Gasteiger partial charge in [0.05, 0.1) is 6.21 Å². The zero-order chi connectivity index (χ0) is 15.9. The molecule has 1 N–H and O–H groups in total. The molecular formula is C18H20N2O2. The largest absolute Gasteiger partial charge is 0.483 e. The van der Waals surface area contributed by atoms with Crippen molar-refractivity contribution in [3.63, 3.8) is 0 Å². The molecule has 22 heavy (non-hydrogen) atoms. The standard InChI is InChI=1S/C18H20N2O2/c1-13-8-9-16(15(3)10-13)11-19-20-18(21)12-22-17-7-5-4-6-14(17)2/h4-11H,12H2,1-3H3,(H,20,21). The summed E-state index contributed by atoms with van der Waals surface area (Å²) in [6.07, 6.45) is 1.64. The summed E-state index contributed by atoms with van der Waals surface area (Å²) < 4.78 is 5.45. The smallest absolute Gasteiger partial charge is 0.277 e. The van der Waals surface area contributed by atoms with E-state index in [0.29, 0.717) is 5.75 Å². The van der Waals surface area contributed by atoms with Gasteiger partial charge in [0.25, 0.3) is 5.91 Å². The highest BCUT2D eigenvalue weighted by atomic mass is 16.5. The number of carbonyl (C=O) groups excluding carboxylic acids is 1. The molecule has 1 amide bonds. The van der Waals surface area contributed by atoms with Crippen molar-refractivity contribution in [3.05, 3.63) is 64.7 Å². The van der Waals surface area contributed by atoms with Crippen molar-refractivity contribution < 1.29 is 9.53 Å². The van der Waals surface area contributed by atoms with Gasteiger partial charge in [0.1, 0.15) is 5.75 Å². The maximum atomic E-state index is 11.7. The topological polar surface area (TPSA) is 50.7 Å². The number of carbonyl (C=O) groups is 1. The number of nitrogens with one attached hydrogen (secondary N) is 1. The Morgan fingerprint density at radius 2 is 1.91 bits per heavy atom. The van der Waals surface area contributed by atoms with Gasteiger partial charge < -0.3 is 4.74 Å². The molecule has 0 heterocycles. The first-order valence-electron chi connectivity index (χ1n) is 7.14. The predicted octanol–water partition coefficient (Wildman–Crippen LogP) is 3.14. The number of rotatable bonds is 5. The SMILES string of the molecule is Cc1ccc(C=NNC(=O)COc2ccccc2C)c(C)c1. The molecule has 0 saturated heterocycles. The maximum absolute atomic E-state index is 11.7. The first-order chi connectivity index (χ1) is 10.6. The summed E-state index contributed by atoms with van der Waals surface area (Å²) in [4.78, 5) is 11.7. The number of hydrogen-bond donors (Lipinski definition) is 1. The second-order valence-electron chi connectivity index (χ2n) is 5.21. The number of aryl methyl sites for hydroxylation is 3. The van der Waals surface area contributed by atoms with Crippen LogP contribution in [0.1, 0.15) is 22.3 Å². The Bertz CT molecular complexity index is 693. The predicted molar refractivity (Wildman–Crippen MR) is 88.3 cm³/mol. The number of benzene rings is 2. The van der Waals surface area contributed by atoms with Gasteiger partial charge >= 0.3 is 0 Å². The quantitative estimate of drug-likeness (QED) is 0.680. The lowest BCUT2D eigenvalue weighted by Crippen LogP contribution is -2.24. The summed E-state index contributed by atoms with van der Waals surface area (Å²) in [7, 11) is 0. The van der Waals surface area contributed by atoms with Crippen LogP contribution < -0.4 is 10.2 Å².